The second-order valence-electron chi connectivity index (χ2n) is 8.48. The SMILES string of the molecule is CCNC(=NCC(O)CN1CCc2ccccc2C1)NC1CCN(c2cccs2)CC1. The van der Waals surface area contributed by atoms with Gasteiger partial charge in [0.1, 0.15) is 0 Å². The molecule has 0 amide bonds. The highest BCUT2D eigenvalue weighted by Gasteiger charge is 2.21. The monoisotopic (exact) mass is 441 g/mol. The van der Waals surface area contributed by atoms with Gasteiger partial charge in [0.15, 0.2) is 5.96 Å². The average Bonchev–Trinajstić information content (AvgIpc) is 3.33. The summed E-state index contributed by atoms with van der Waals surface area (Å²) in [6.07, 6.45) is 2.79. The Bertz CT molecular complexity index is 832. The molecule has 6 nitrogen and oxygen atoms in total. The van der Waals surface area contributed by atoms with Crippen molar-refractivity contribution >= 4 is 22.3 Å². The Balaban J connectivity index is 1.24. The van der Waals surface area contributed by atoms with Gasteiger partial charge in [-0.15, -0.1) is 11.3 Å². The van der Waals surface area contributed by atoms with Gasteiger partial charge in [0.2, 0.25) is 0 Å². The number of hydrogen-bond acceptors (Lipinski definition) is 5. The van der Waals surface area contributed by atoms with Crippen LogP contribution in [0, 0.1) is 0 Å². The number of hydrogen-bond donors (Lipinski definition) is 3. The molecule has 1 fully saturated rings. The van der Waals surface area contributed by atoms with Crippen LogP contribution in [0.25, 0.3) is 0 Å². The highest BCUT2D eigenvalue weighted by Crippen LogP contribution is 2.24. The van der Waals surface area contributed by atoms with E-state index in [-0.39, 0.29) is 0 Å². The van der Waals surface area contributed by atoms with E-state index >= 15 is 0 Å². The van der Waals surface area contributed by atoms with Crippen molar-refractivity contribution < 1.29 is 5.11 Å². The molecule has 31 heavy (non-hydrogen) atoms. The highest BCUT2D eigenvalue weighted by atomic mass is 32.1. The van der Waals surface area contributed by atoms with Crippen LogP contribution in [0.4, 0.5) is 5.00 Å². The summed E-state index contributed by atoms with van der Waals surface area (Å²) in [6, 6.07) is 13.4. The maximum Gasteiger partial charge on any atom is 0.191 e. The zero-order chi connectivity index (χ0) is 21.5. The van der Waals surface area contributed by atoms with Crippen molar-refractivity contribution in [2.24, 2.45) is 4.99 Å². The third-order valence-corrected chi connectivity index (χ3v) is 7.07. The first-order valence-electron chi connectivity index (χ1n) is 11.5. The van der Waals surface area contributed by atoms with Gasteiger partial charge in [0, 0.05) is 45.3 Å². The lowest BCUT2D eigenvalue weighted by Gasteiger charge is -2.33. The zero-order valence-electron chi connectivity index (χ0n) is 18.5. The molecule has 0 spiro atoms. The van der Waals surface area contributed by atoms with Gasteiger partial charge in [-0.25, -0.2) is 0 Å². The van der Waals surface area contributed by atoms with Crippen LogP contribution in [-0.4, -0.2) is 67.4 Å². The molecule has 168 valence electrons. The van der Waals surface area contributed by atoms with Crippen LogP contribution in [0.2, 0.25) is 0 Å². The molecule has 2 aliphatic rings. The summed E-state index contributed by atoms with van der Waals surface area (Å²) in [6.45, 7) is 8.03. The van der Waals surface area contributed by atoms with E-state index in [1.54, 1.807) is 0 Å². The minimum Gasteiger partial charge on any atom is -0.390 e. The van der Waals surface area contributed by atoms with Gasteiger partial charge in [-0.2, -0.15) is 0 Å². The average molecular weight is 442 g/mol. The molecule has 0 bridgehead atoms. The van der Waals surface area contributed by atoms with E-state index in [1.807, 2.05) is 11.3 Å². The van der Waals surface area contributed by atoms with Crippen LogP contribution in [0.1, 0.15) is 30.9 Å². The molecule has 7 heteroatoms. The number of thiophene rings is 1. The van der Waals surface area contributed by atoms with E-state index in [0.29, 0.717) is 19.1 Å². The second-order valence-corrected chi connectivity index (χ2v) is 9.41. The molecule has 2 aliphatic heterocycles. The van der Waals surface area contributed by atoms with Gasteiger partial charge in [-0.1, -0.05) is 24.3 Å². The van der Waals surface area contributed by atoms with E-state index in [4.69, 9.17) is 4.99 Å². The predicted octanol–water partition coefficient (Wildman–Crippen LogP) is 2.69. The van der Waals surface area contributed by atoms with Crippen molar-refractivity contribution in [2.75, 3.05) is 44.2 Å². The van der Waals surface area contributed by atoms with E-state index in [9.17, 15) is 5.11 Å². The van der Waals surface area contributed by atoms with E-state index in [0.717, 1.165) is 57.9 Å². The summed E-state index contributed by atoms with van der Waals surface area (Å²) in [5.41, 5.74) is 2.82. The molecule has 1 saturated heterocycles. The topological polar surface area (TPSA) is 63.1 Å². The lowest BCUT2D eigenvalue weighted by Crippen LogP contribution is -2.49. The first kappa shape index (κ1) is 22.1. The Hall–Kier alpha value is -2.09. The summed E-state index contributed by atoms with van der Waals surface area (Å²) in [4.78, 5) is 9.49. The Morgan fingerprint density at radius 3 is 2.71 bits per heavy atom. The number of anilines is 1. The van der Waals surface area contributed by atoms with Gasteiger partial charge >= 0.3 is 0 Å². The van der Waals surface area contributed by atoms with Crippen LogP contribution in [0.5, 0.6) is 0 Å². The number of nitrogens with zero attached hydrogens (tertiary/aromatic N) is 3. The van der Waals surface area contributed by atoms with Crippen LogP contribution in [0.3, 0.4) is 0 Å². The second kappa shape index (κ2) is 11.0. The summed E-state index contributed by atoms with van der Waals surface area (Å²) >= 11 is 1.81. The molecule has 1 aromatic carbocycles. The third kappa shape index (κ3) is 6.21. The fourth-order valence-corrected chi connectivity index (χ4v) is 5.26. The smallest absolute Gasteiger partial charge is 0.191 e. The van der Waals surface area contributed by atoms with E-state index < -0.39 is 6.10 Å². The molecule has 0 aliphatic carbocycles. The Morgan fingerprint density at radius 1 is 1.16 bits per heavy atom. The first-order valence-corrected chi connectivity index (χ1v) is 12.4. The molecule has 1 aromatic heterocycles. The molecule has 0 saturated carbocycles. The number of guanidine groups is 1. The molecular weight excluding hydrogens is 406 g/mol. The maximum atomic E-state index is 10.6. The largest absolute Gasteiger partial charge is 0.390 e. The molecule has 1 atom stereocenters. The molecule has 4 rings (SSSR count). The molecule has 3 N–H and O–H groups in total. The Kier molecular flexibility index (Phi) is 7.83. The number of piperidine rings is 1. The number of aliphatic imine (C=N–C) groups is 1. The van der Waals surface area contributed by atoms with Crippen molar-refractivity contribution in [3.05, 3.63) is 52.9 Å². The standard InChI is InChI=1S/C24H35N5OS/c1-2-25-24(27-21-10-13-29(14-11-21)23-8-5-15-31-23)26-16-22(30)18-28-12-9-19-6-3-4-7-20(19)17-28/h3-8,15,21-22,30H,2,9-14,16-18H2,1H3,(H2,25,26,27). The third-order valence-electron chi connectivity index (χ3n) is 6.14. The van der Waals surface area contributed by atoms with Gasteiger partial charge in [0.05, 0.1) is 17.6 Å². The highest BCUT2D eigenvalue weighted by molar-refractivity contribution is 7.14. The first-order chi connectivity index (χ1) is 15.2. The van der Waals surface area contributed by atoms with Gasteiger partial charge in [-0.05, 0) is 54.8 Å². The maximum absolute atomic E-state index is 10.6. The van der Waals surface area contributed by atoms with Crippen LogP contribution in [-0.2, 0) is 13.0 Å². The van der Waals surface area contributed by atoms with E-state index in [1.165, 1.54) is 16.1 Å². The van der Waals surface area contributed by atoms with Gasteiger partial charge in [-0.3, -0.25) is 9.89 Å². The number of aliphatic hydroxyl groups excluding tert-OH is 1. The van der Waals surface area contributed by atoms with Crippen LogP contribution >= 0.6 is 11.3 Å². The number of nitrogens with one attached hydrogen (secondary N) is 2. The van der Waals surface area contributed by atoms with Crippen molar-refractivity contribution in [2.45, 2.75) is 44.9 Å². The molecule has 3 heterocycles. The fourth-order valence-electron chi connectivity index (χ4n) is 4.47. The number of benzene rings is 1. The Morgan fingerprint density at radius 2 is 1.97 bits per heavy atom. The minimum absolute atomic E-state index is 0.418. The number of β-amino-alcohol motifs (C(OH)–C–C–N with tert-alkyl or cyclic N) is 1. The number of rotatable bonds is 7. The molecule has 2 aromatic rings. The lowest BCUT2D eigenvalue weighted by atomic mass is 10.00. The van der Waals surface area contributed by atoms with Crippen molar-refractivity contribution in [3.8, 4) is 0 Å². The Labute approximate surface area is 190 Å². The number of aliphatic hydroxyl groups is 1. The van der Waals surface area contributed by atoms with Crippen LogP contribution < -0.4 is 15.5 Å². The summed E-state index contributed by atoms with van der Waals surface area (Å²) in [5.74, 6) is 0.820. The fraction of sp³-hybridized carbons (Fsp3) is 0.542. The minimum atomic E-state index is -0.457. The van der Waals surface area contributed by atoms with E-state index in [2.05, 4.69) is 69.1 Å². The normalized spacial score (nSPS) is 19.2. The quantitative estimate of drug-likeness (QED) is 0.456. The molecular formula is C24H35N5OS. The zero-order valence-corrected chi connectivity index (χ0v) is 19.3. The number of fused-ring (bicyclic) bond motifs is 1. The van der Waals surface area contributed by atoms with Crippen LogP contribution in [0.15, 0.2) is 46.8 Å². The lowest BCUT2D eigenvalue weighted by molar-refractivity contribution is 0.111. The molecule has 0 radical (unpaired) electrons. The summed E-state index contributed by atoms with van der Waals surface area (Å²) < 4.78 is 0. The van der Waals surface area contributed by atoms with Gasteiger partial charge < -0.3 is 20.6 Å². The van der Waals surface area contributed by atoms with Gasteiger partial charge in [0.25, 0.3) is 0 Å². The summed E-state index contributed by atoms with van der Waals surface area (Å²) in [5, 5.41) is 21.0. The summed E-state index contributed by atoms with van der Waals surface area (Å²) in [7, 11) is 0. The van der Waals surface area contributed by atoms with Crippen molar-refractivity contribution in [1.82, 2.24) is 15.5 Å². The van der Waals surface area contributed by atoms with Crippen molar-refractivity contribution in [3.63, 3.8) is 0 Å². The predicted molar refractivity (Wildman–Crippen MR) is 130 cm³/mol. The van der Waals surface area contributed by atoms with Crippen molar-refractivity contribution in [1.29, 1.82) is 0 Å². The molecule has 1 unspecified atom stereocenters.